The second-order valence-corrected chi connectivity index (χ2v) is 7.02. The lowest BCUT2D eigenvalue weighted by molar-refractivity contribution is -0.126. The number of nitrogens with zero attached hydrogens (tertiary/aromatic N) is 2. The lowest BCUT2D eigenvalue weighted by atomic mass is 9.91. The summed E-state index contributed by atoms with van der Waals surface area (Å²) < 4.78 is 5.26. The lowest BCUT2D eigenvalue weighted by Gasteiger charge is -2.17. The van der Waals surface area contributed by atoms with Crippen LogP contribution in [0.15, 0.2) is 34.9 Å². The van der Waals surface area contributed by atoms with E-state index in [9.17, 15) is 4.79 Å². The smallest absolute Gasteiger partial charge is 0.246 e. The van der Waals surface area contributed by atoms with Crippen LogP contribution in [0.25, 0.3) is 0 Å². The predicted octanol–water partition coefficient (Wildman–Crippen LogP) is 3.10. The van der Waals surface area contributed by atoms with Crippen LogP contribution >= 0.6 is 0 Å². The van der Waals surface area contributed by atoms with E-state index in [0.29, 0.717) is 30.6 Å². The van der Waals surface area contributed by atoms with Gasteiger partial charge in [0.1, 0.15) is 0 Å². The molecule has 1 aromatic carbocycles. The molecule has 0 unspecified atom stereocenters. The summed E-state index contributed by atoms with van der Waals surface area (Å²) in [4.78, 5) is 16.8. The van der Waals surface area contributed by atoms with Gasteiger partial charge in [-0.2, -0.15) is 4.98 Å². The number of carbonyl (C=O) groups is 1. The molecule has 5 nitrogen and oxygen atoms in total. The molecule has 0 aliphatic heterocycles. The van der Waals surface area contributed by atoms with Crippen molar-refractivity contribution in [2.75, 3.05) is 0 Å². The molecule has 2 fully saturated rings. The van der Waals surface area contributed by atoms with Crippen molar-refractivity contribution in [3.63, 3.8) is 0 Å². The minimum atomic E-state index is 0.159. The van der Waals surface area contributed by atoms with Crippen LogP contribution < -0.4 is 5.32 Å². The van der Waals surface area contributed by atoms with Crippen LogP contribution in [-0.2, 0) is 17.8 Å². The summed E-state index contributed by atoms with van der Waals surface area (Å²) in [5.41, 5.74) is 1.15. The Morgan fingerprint density at radius 3 is 2.92 bits per heavy atom. The van der Waals surface area contributed by atoms with E-state index < -0.39 is 0 Å². The topological polar surface area (TPSA) is 68.0 Å². The molecule has 1 heterocycles. The Balaban J connectivity index is 1.31. The van der Waals surface area contributed by atoms with Crippen LogP contribution in [0.5, 0.6) is 0 Å². The fourth-order valence-corrected chi connectivity index (χ4v) is 4.39. The van der Waals surface area contributed by atoms with E-state index in [2.05, 4.69) is 15.5 Å². The van der Waals surface area contributed by atoms with E-state index >= 15 is 0 Å². The first-order valence-electron chi connectivity index (χ1n) is 8.92. The summed E-state index contributed by atoms with van der Waals surface area (Å²) in [6.45, 7) is 0.328. The zero-order chi connectivity index (χ0) is 16.4. The lowest BCUT2D eigenvalue weighted by Crippen LogP contribution is -2.32. The molecule has 1 aromatic heterocycles. The molecule has 4 rings (SSSR count). The first kappa shape index (κ1) is 15.4. The SMILES string of the molecule is O=C(NCc1nc(Cc2ccccc2)no1)[C@H]1CC[C@@H]2CCC[C@@H]21. The van der Waals surface area contributed by atoms with Gasteiger partial charge in [0.05, 0.1) is 6.54 Å². The molecule has 5 heteroatoms. The van der Waals surface area contributed by atoms with Gasteiger partial charge in [0, 0.05) is 12.3 Å². The maximum absolute atomic E-state index is 12.5. The van der Waals surface area contributed by atoms with Crippen molar-refractivity contribution in [2.24, 2.45) is 17.8 Å². The normalized spacial score (nSPS) is 25.6. The van der Waals surface area contributed by atoms with E-state index in [1.54, 1.807) is 0 Å². The fraction of sp³-hybridized carbons (Fsp3) is 0.526. The molecular weight excluding hydrogens is 302 g/mol. The van der Waals surface area contributed by atoms with Crippen LogP contribution in [0.3, 0.4) is 0 Å². The van der Waals surface area contributed by atoms with Crippen molar-refractivity contribution in [1.29, 1.82) is 0 Å². The van der Waals surface area contributed by atoms with Gasteiger partial charge in [0.15, 0.2) is 5.82 Å². The van der Waals surface area contributed by atoms with E-state index in [1.807, 2.05) is 30.3 Å². The van der Waals surface area contributed by atoms with Gasteiger partial charge < -0.3 is 9.84 Å². The van der Waals surface area contributed by atoms with Crippen molar-refractivity contribution in [1.82, 2.24) is 15.5 Å². The molecule has 1 N–H and O–H groups in total. The van der Waals surface area contributed by atoms with E-state index in [0.717, 1.165) is 17.9 Å². The molecule has 126 valence electrons. The number of rotatable bonds is 5. The summed E-state index contributed by atoms with van der Waals surface area (Å²) >= 11 is 0. The number of amides is 1. The Hall–Kier alpha value is -2.17. The zero-order valence-corrected chi connectivity index (χ0v) is 13.8. The number of fused-ring (bicyclic) bond motifs is 1. The highest BCUT2D eigenvalue weighted by Gasteiger charge is 2.42. The minimum absolute atomic E-state index is 0.159. The van der Waals surface area contributed by atoms with Gasteiger partial charge in [0.25, 0.3) is 0 Å². The van der Waals surface area contributed by atoms with Crippen LogP contribution in [0.1, 0.15) is 49.4 Å². The maximum Gasteiger partial charge on any atom is 0.246 e. The van der Waals surface area contributed by atoms with Crippen LogP contribution in [-0.4, -0.2) is 16.0 Å². The number of aromatic nitrogens is 2. The minimum Gasteiger partial charge on any atom is -0.347 e. The second kappa shape index (κ2) is 6.75. The van der Waals surface area contributed by atoms with Crippen LogP contribution in [0.2, 0.25) is 0 Å². The van der Waals surface area contributed by atoms with Gasteiger partial charge in [-0.15, -0.1) is 0 Å². The van der Waals surface area contributed by atoms with Gasteiger partial charge >= 0.3 is 0 Å². The number of carbonyl (C=O) groups excluding carboxylic acids is 1. The highest BCUT2D eigenvalue weighted by Crippen LogP contribution is 2.47. The number of nitrogens with one attached hydrogen (secondary N) is 1. The summed E-state index contributed by atoms with van der Waals surface area (Å²) in [7, 11) is 0. The van der Waals surface area contributed by atoms with E-state index in [-0.39, 0.29) is 11.8 Å². The van der Waals surface area contributed by atoms with Crippen molar-refractivity contribution < 1.29 is 9.32 Å². The Bertz CT molecular complexity index is 698. The Morgan fingerprint density at radius 2 is 2.04 bits per heavy atom. The number of hydrogen-bond acceptors (Lipinski definition) is 4. The van der Waals surface area contributed by atoms with Gasteiger partial charge in [-0.1, -0.05) is 48.3 Å². The first-order valence-corrected chi connectivity index (χ1v) is 8.92. The summed E-state index contributed by atoms with van der Waals surface area (Å²) in [5, 5.41) is 7.00. The molecule has 2 saturated carbocycles. The largest absolute Gasteiger partial charge is 0.347 e. The van der Waals surface area contributed by atoms with Gasteiger partial charge in [-0.3, -0.25) is 4.79 Å². The highest BCUT2D eigenvalue weighted by molar-refractivity contribution is 5.79. The third-order valence-electron chi connectivity index (χ3n) is 5.55. The third kappa shape index (κ3) is 3.21. The summed E-state index contributed by atoms with van der Waals surface area (Å²) in [6.07, 6.45) is 6.69. The van der Waals surface area contributed by atoms with Gasteiger partial charge in [-0.25, -0.2) is 0 Å². The maximum atomic E-state index is 12.5. The average Bonchev–Trinajstić information content (AvgIpc) is 3.30. The van der Waals surface area contributed by atoms with E-state index in [4.69, 9.17) is 4.52 Å². The number of hydrogen-bond donors (Lipinski definition) is 1. The third-order valence-corrected chi connectivity index (χ3v) is 5.55. The van der Waals surface area contributed by atoms with Crippen LogP contribution in [0, 0.1) is 17.8 Å². The van der Waals surface area contributed by atoms with Gasteiger partial charge in [-0.05, 0) is 36.7 Å². The van der Waals surface area contributed by atoms with Crippen molar-refractivity contribution >= 4 is 5.91 Å². The molecule has 3 atom stereocenters. The molecule has 1 amide bonds. The van der Waals surface area contributed by atoms with E-state index in [1.165, 1.54) is 25.7 Å². The first-order chi connectivity index (χ1) is 11.8. The highest BCUT2D eigenvalue weighted by atomic mass is 16.5. The van der Waals surface area contributed by atoms with Crippen molar-refractivity contribution in [3.05, 3.63) is 47.6 Å². The molecule has 2 aromatic rings. The Morgan fingerprint density at radius 1 is 1.17 bits per heavy atom. The monoisotopic (exact) mass is 325 g/mol. The summed E-state index contributed by atoms with van der Waals surface area (Å²) in [6, 6.07) is 10.0. The standard InChI is InChI=1S/C19H23N3O2/c23-19(16-10-9-14-7-4-8-15(14)16)20-12-18-21-17(22-24-18)11-13-5-2-1-3-6-13/h1-3,5-6,14-16H,4,7-12H2,(H,20,23)/t14-,15-,16-/m0/s1. The molecular formula is C19H23N3O2. The quantitative estimate of drug-likeness (QED) is 0.917. The van der Waals surface area contributed by atoms with Gasteiger partial charge in [0.2, 0.25) is 11.8 Å². The van der Waals surface area contributed by atoms with Crippen molar-refractivity contribution in [3.8, 4) is 0 Å². The molecule has 0 bridgehead atoms. The molecule has 24 heavy (non-hydrogen) atoms. The molecule has 2 aliphatic carbocycles. The molecule has 0 saturated heterocycles. The number of benzene rings is 1. The zero-order valence-electron chi connectivity index (χ0n) is 13.8. The Kier molecular flexibility index (Phi) is 4.32. The molecule has 2 aliphatic rings. The van der Waals surface area contributed by atoms with Crippen molar-refractivity contribution in [2.45, 2.75) is 45.1 Å². The Labute approximate surface area is 141 Å². The summed E-state index contributed by atoms with van der Waals surface area (Å²) in [5.74, 6) is 2.86. The average molecular weight is 325 g/mol. The molecule has 0 spiro atoms. The predicted molar refractivity (Wildman–Crippen MR) is 88.9 cm³/mol. The molecule has 0 radical (unpaired) electrons. The van der Waals surface area contributed by atoms with Crippen LogP contribution in [0.4, 0.5) is 0 Å². The second-order valence-electron chi connectivity index (χ2n) is 7.02. The fourth-order valence-electron chi connectivity index (χ4n) is 4.39.